The van der Waals surface area contributed by atoms with Gasteiger partial charge in [0.15, 0.2) is 11.6 Å². The number of carboxylic acid groups (broad SMARTS) is 1. The lowest BCUT2D eigenvalue weighted by molar-refractivity contribution is -0.138. The standard InChI is InChI=1S/C16H14F2O3/c1-10(16(19)20)12-4-2-11(3-5-12)9-21-15-7-6-13(17)8-14(15)18/h2-8,10H,9H2,1H3,(H,19,20). The molecule has 21 heavy (non-hydrogen) atoms. The molecule has 1 atom stereocenters. The molecular formula is C16H14F2O3. The predicted molar refractivity (Wildman–Crippen MR) is 73.2 cm³/mol. The summed E-state index contributed by atoms with van der Waals surface area (Å²) in [7, 11) is 0. The van der Waals surface area contributed by atoms with Crippen LogP contribution in [0.2, 0.25) is 0 Å². The second-order valence-corrected chi connectivity index (χ2v) is 4.66. The quantitative estimate of drug-likeness (QED) is 0.913. The molecule has 1 unspecified atom stereocenters. The summed E-state index contributed by atoms with van der Waals surface area (Å²) in [4.78, 5) is 10.9. The topological polar surface area (TPSA) is 46.5 Å². The Morgan fingerprint density at radius 2 is 1.86 bits per heavy atom. The van der Waals surface area contributed by atoms with E-state index in [1.54, 1.807) is 31.2 Å². The molecular weight excluding hydrogens is 278 g/mol. The Balaban J connectivity index is 2.02. The molecule has 2 rings (SSSR count). The van der Waals surface area contributed by atoms with Gasteiger partial charge in [-0.15, -0.1) is 0 Å². The van der Waals surface area contributed by atoms with Crippen molar-refractivity contribution in [3.63, 3.8) is 0 Å². The minimum Gasteiger partial charge on any atom is -0.486 e. The Morgan fingerprint density at radius 1 is 1.19 bits per heavy atom. The smallest absolute Gasteiger partial charge is 0.310 e. The van der Waals surface area contributed by atoms with Gasteiger partial charge < -0.3 is 9.84 Å². The zero-order chi connectivity index (χ0) is 15.4. The van der Waals surface area contributed by atoms with Crippen LogP contribution in [0.4, 0.5) is 8.78 Å². The molecule has 0 saturated heterocycles. The molecule has 0 spiro atoms. The third kappa shape index (κ3) is 3.78. The Labute approximate surface area is 120 Å². The molecule has 0 fully saturated rings. The van der Waals surface area contributed by atoms with Gasteiger partial charge in [-0.1, -0.05) is 24.3 Å². The summed E-state index contributed by atoms with van der Waals surface area (Å²) in [5.41, 5.74) is 1.44. The van der Waals surface area contributed by atoms with E-state index in [0.717, 1.165) is 17.7 Å². The molecule has 2 aromatic carbocycles. The fourth-order valence-electron chi connectivity index (χ4n) is 1.80. The number of carboxylic acids is 1. The summed E-state index contributed by atoms with van der Waals surface area (Å²) in [5.74, 6) is -2.93. The van der Waals surface area contributed by atoms with E-state index >= 15 is 0 Å². The van der Waals surface area contributed by atoms with Crippen LogP contribution in [0.15, 0.2) is 42.5 Å². The molecule has 1 N–H and O–H groups in total. The van der Waals surface area contributed by atoms with Crippen LogP contribution in [-0.4, -0.2) is 11.1 Å². The minimum atomic E-state index is -0.896. The molecule has 2 aromatic rings. The Hall–Kier alpha value is -2.43. The molecule has 0 aliphatic carbocycles. The van der Waals surface area contributed by atoms with Gasteiger partial charge in [-0.3, -0.25) is 4.79 Å². The van der Waals surface area contributed by atoms with Crippen molar-refractivity contribution in [2.75, 3.05) is 0 Å². The molecule has 0 aromatic heterocycles. The van der Waals surface area contributed by atoms with Gasteiger partial charge in [0.05, 0.1) is 5.92 Å². The number of ether oxygens (including phenoxy) is 1. The molecule has 0 saturated carbocycles. The van der Waals surface area contributed by atoms with Crippen LogP contribution in [0.25, 0.3) is 0 Å². The SMILES string of the molecule is CC(C(=O)O)c1ccc(COc2ccc(F)cc2F)cc1. The summed E-state index contributed by atoms with van der Waals surface area (Å²) < 4.78 is 31.4. The first-order valence-electron chi connectivity index (χ1n) is 6.37. The fraction of sp³-hybridized carbons (Fsp3) is 0.188. The highest BCUT2D eigenvalue weighted by Crippen LogP contribution is 2.20. The predicted octanol–water partition coefficient (Wildman–Crippen LogP) is 3.73. The first-order valence-corrected chi connectivity index (χ1v) is 6.37. The minimum absolute atomic E-state index is 0.0284. The third-order valence-electron chi connectivity index (χ3n) is 3.14. The molecule has 5 heteroatoms. The Morgan fingerprint density at radius 3 is 2.43 bits per heavy atom. The van der Waals surface area contributed by atoms with E-state index in [4.69, 9.17) is 9.84 Å². The van der Waals surface area contributed by atoms with Crippen LogP contribution in [0.5, 0.6) is 5.75 Å². The largest absolute Gasteiger partial charge is 0.486 e. The lowest BCUT2D eigenvalue weighted by Gasteiger charge is -2.09. The van der Waals surface area contributed by atoms with Crippen LogP contribution in [0.3, 0.4) is 0 Å². The summed E-state index contributed by atoms with van der Waals surface area (Å²) >= 11 is 0. The van der Waals surface area contributed by atoms with Crippen LogP contribution in [0, 0.1) is 11.6 Å². The van der Waals surface area contributed by atoms with Crippen molar-refractivity contribution in [2.45, 2.75) is 19.4 Å². The van der Waals surface area contributed by atoms with E-state index in [0.29, 0.717) is 5.56 Å². The first kappa shape index (κ1) is 15.0. The average molecular weight is 292 g/mol. The lowest BCUT2D eigenvalue weighted by atomic mass is 10.0. The maximum Gasteiger partial charge on any atom is 0.310 e. The summed E-state index contributed by atoms with van der Waals surface area (Å²) in [6, 6.07) is 9.93. The van der Waals surface area contributed by atoms with Gasteiger partial charge in [-0.2, -0.15) is 0 Å². The number of hydrogen-bond acceptors (Lipinski definition) is 2. The fourth-order valence-corrected chi connectivity index (χ4v) is 1.80. The normalized spacial score (nSPS) is 12.0. The van der Waals surface area contributed by atoms with Crippen LogP contribution in [-0.2, 0) is 11.4 Å². The molecule has 0 aliphatic heterocycles. The van der Waals surface area contributed by atoms with Crippen molar-refractivity contribution >= 4 is 5.97 Å². The zero-order valence-corrected chi connectivity index (χ0v) is 11.3. The van der Waals surface area contributed by atoms with E-state index in [1.165, 1.54) is 6.07 Å². The van der Waals surface area contributed by atoms with Crippen LogP contribution < -0.4 is 4.74 Å². The van der Waals surface area contributed by atoms with Gasteiger partial charge in [-0.05, 0) is 30.2 Å². The van der Waals surface area contributed by atoms with Gasteiger partial charge in [-0.25, -0.2) is 8.78 Å². The third-order valence-corrected chi connectivity index (χ3v) is 3.14. The summed E-state index contributed by atoms with van der Waals surface area (Å²) in [5, 5.41) is 8.91. The van der Waals surface area contributed by atoms with Gasteiger partial charge in [0.1, 0.15) is 12.4 Å². The van der Waals surface area contributed by atoms with E-state index in [2.05, 4.69) is 0 Å². The Bertz CT molecular complexity index is 638. The lowest BCUT2D eigenvalue weighted by Crippen LogP contribution is -2.07. The highest BCUT2D eigenvalue weighted by Gasteiger charge is 2.13. The first-order chi connectivity index (χ1) is 9.97. The Kier molecular flexibility index (Phi) is 4.52. The van der Waals surface area contributed by atoms with Crippen molar-refractivity contribution in [2.24, 2.45) is 0 Å². The number of benzene rings is 2. The highest BCUT2D eigenvalue weighted by molar-refractivity contribution is 5.75. The monoisotopic (exact) mass is 292 g/mol. The van der Waals surface area contributed by atoms with Gasteiger partial charge in [0.2, 0.25) is 0 Å². The van der Waals surface area contributed by atoms with Gasteiger partial charge >= 0.3 is 5.97 Å². The van der Waals surface area contributed by atoms with Crippen molar-refractivity contribution in [1.29, 1.82) is 0 Å². The van der Waals surface area contributed by atoms with E-state index < -0.39 is 23.5 Å². The van der Waals surface area contributed by atoms with Crippen molar-refractivity contribution in [1.82, 2.24) is 0 Å². The van der Waals surface area contributed by atoms with Crippen LogP contribution >= 0.6 is 0 Å². The second kappa shape index (κ2) is 6.35. The number of hydrogen-bond donors (Lipinski definition) is 1. The molecule has 0 radical (unpaired) electrons. The summed E-state index contributed by atoms with van der Waals surface area (Å²) in [6.45, 7) is 1.71. The molecule has 3 nitrogen and oxygen atoms in total. The van der Waals surface area contributed by atoms with E-state index in [-0.39, 0.29) is 12.4 Å². The highest BCUT2D eigenvalue weighted by atomic mass is 19.1. The number of halogens is 2. The average Bonchev–Trinajstić information content (AvgIpc) is 2.46. The molecule has 110 valence electrons. The van der Waals surface area contributed by atoms with Crippen molar-refractivity contribution in [3.05, 3.63) is 65.2 Å². The van der Waals surface area contributed by atoms with Crippen LogP contribution in [0.1, 0.15) is 24.0 Å². The molecule has 0 aliphatic rings. The maximum absolute atomic E-state index is 13.4. The maximum atomic E-state index is 13.4. The number of carbonyl (C=O) groups is 1. The van der Waals surface area contributed by atoms with Crippen molar-refractivity contribution < 1.29 is 23.4 Å². The van der Waals surface area contributed by atoms with Gasteiger partial charge in [0, 0.05) is 6.07 Å². The van der Waals surface area contributed by atoms with E-state index in [9.17, 15) is 13.6 Å². The molecule has 0 amide bonds. The number of aliphatic carboxylic acids is 1. The second-order valence-electron chi connectivity index (χ2n) is 4.66. The van der Waals surface area contributed by atoms with Crippen molar-refractivity contribution in [3.8, 4) is 5.75 Å². The molecule has 0 bridgehead atoms. The van der Waals surface area contributed by atoms with Gasteiger partial charge in [0.25, 0.3) is 0 Å². The zero-order valence-electron chi connectivity index (χ0n) is 11.3. The van der Waals surface area contributed by atoms with E-state index in [1.807, 2.05) is 0 Å². The summed E-state index contributed by atoms with van der Waals surface area (Å²) in [6.07, 6.45) is 0. The molecule has 0 heterocycles. The number of rotatable bonds is 5.